The minimum Gasteiger partial charge on any atom is -0.325 e. The lowest BCUT2D eigenvalue weighted by Gasteiger charge is -2.10. The van der Waals surface area contributed by atoms with Gasteiger partial charge in [-0.2, -0.15) is 0 Å². The second-order valence-corrected chi connectivity index (χ2v) is 9.89. The zero-order chi connectivity index (χ0) is 27.0. The highest BCUT2D eigenvalue weighted by Crippen LogP contribution is 2.28. The first-order valence-electron chi connectivity index (χ1n) is 12.1. The zero-order valence-electron chi connectivity index (χ0n) is 20.7. The van der Waals surface area contributed by atoms with Crippen molar-refractivity contribution < 1.29 is 9.59 Å². The summed E-state index contributed by atoms with van der Waals surface area (Å²) in [6, 6.07) is 33.7. The number of anilines is 1. The molecule has 8 heteroatoms. The Morgan fingerprint density at radius 3 is 2.18 bits per heavy atom. The maximum absolute atomic E-state index is 12.7. The van der Waals surface area contributed by atoms with Crippen molar-refractivity contribution in [3.8, 4) is 17.1 Å². The number of rotatable bonds is 9. The van der Waals surface area contributed by atoms with E-state index in [0.717, 1.165) is 16.8 Å². The van der Waals surface area contributed by atoms with E-state index in [1.807, 2.05) is 77.4 Å². The summed E-state index contributed by atoms with van der Waals surface area (Å²) in [5.41, 5.74) is 3.86. The molecule has 0 spiro atoms. The summed E-state index contributed by atoms with van der Waals surface area (Å²) >= 11 is 7.20. The van der Waals surface area contributed by atoms with Gasteiger partial charge in [-0.05, 0) is 60.2 Å². The van der Waals surface area contributed by atoms with Gasteiger partial charge in [0.25, 0.3) is 0 Å². The average Bonchev–Trinajstić information content (AvgIpc) is 3.41. The van der Waals surface area contributed by atoms with Crippen molar-refractivity contribution in [1.82, 2.24) is 14.8 Å². The fourth-order valence-electron chi connectivity index (χ4n) is 3.83. The lowest BCUT2D eigenvalue weighted by molar-refractivity contribution is -0.113. The molecule has 0 radical (unpaired) electrons. The topological polar surface area (TPSA) is 76.9 Å². The van der Waals surface area contributed by atoms with Crippen LogP contribution in [-0.2, 0) is 4.79 Å². The minimum atomic E-state index is -0.189. The molecule has 6 nitrogen and oxygen atoms in total. The first-order valence-corrected chi connectivity index (χ1v) is 13.5. The van der Waals surface area contributed by atoms with Crippen molar-refractivity contribution in [3.63, 3.8) is 0 Å². The highest BCUT2D eigenvalue weighted by atomic mass is 35.5. The van der Waals surface area contributed by atoms with E-state index >= 15 is 0 Å². The normalized spacial score (nSPS) is 11.0. The number of nitrogens with one attached hydrogen (secondary N) is 1. The van der Waals surface area contributed by atoms with E-state index in [0.29, 0.717) is 27.3 Å². The number of hydrogen-bond donors (Lipinski definition) is 1. The smallest absolute Gasteiger partial charge is 0.234 e. The number of thioether (sulfide) groups is 1. The molecule has 0 unspecified atom stereocenters. The van der Waals surface area contributed by atoms with Crippen molar-refractivity contribution in [2.45, 2.75) is 5.16 Å². The predicted molar refractivity (Wildman–Crippen MR) is 157 cm³/mol. The summed E-state index contributed by atoms with van der Waals surface area (Å²) in [6.07, 6.45) is 3.25. The number of nitrogens with zero attached hydrogens (tertiary/aromatic N) is 3. The Hall–Kier alpha value is -4.46. The molecule has 5 aromatic rings. The van der Waals surface area contributed by atoms with Crippen molar-refractivity contribution in [3.05, 3.63) is 131 Å². The number of amides is 1. The molecule has 0 fully saturated rings. The molecular formula is C31H23ClN4O2S. The first-order chi connectivity index (χ1) is 19.1. The Morgan fingerprint density at radius 1 is 0.821 bits per heavy atom. The van der Waals surface area contributed by atoms with Crippen molar-refractivity contribution in [2.24, 2.45) is 0 Å². The SMILES string of the molecule is O=C(CSc1nnc(-c2ccccc2)n1-c1ccccc1)Nc1ccc(C(=O)/C=C/c2ccc(Cl)cc2)cc1. The van der Waals surface area contributed by atoms with Crippen LogP contribution in [0.4, 0.5) is 5.69 Å². The third-order valence-electron chi connectivity index (χ3n) is 5.76. The number of allylic oxidation sites excluding steroid dienone is 1. The molecule has 0 aliphatic carbocycles. The summed E-state index contributed by atoms with van der Waals surface area (Å²) in [6.45, 7) is 0. The maximum atomic E-state index is 12.7. The summed E-state index contributed by atoms with van der Waals surface area (Å²) in [7, 11) is 0. The molecule has 39 heavy (non-hydrogen) atoms. The van der Waals surface area contributed by atoms with Gasteiger partial charge in [-0.1, -0.05) is 90.1 Å². The molecule has 0 saturated heterocycles. The molecule has 1 heterocycles. The Balaban J connectivity index is 1.23. The van der Waals surface area contributed by atoms with Crippen LogP contribution in [0.15, 0.2) is 120 Å². The second-order valence-electron chi connectivity index (χ2n) is 8.51. The van der Waals surface area contributed by atoms with Crippen LogP contribution in [-0.4, -0.2) is 32.2 Å². The highest BCUT2D eigenvalue weighted by molar-refractivity contribution is 7.99. The van der Waals surface area contributed by atoms with Gasteiger partial charge in [0.2, 0.25) is 5.91 Å². The van der Waals surface area contributed by atoms with Gasteiger partial charge in [0.15, 0.2) is 16.8 Å². The summed E-state index contributed by atoms with van der Waals surface area (Å²) in [4.78, 5) is 25.2. The lowest BCUT2D eigenvalue weighted by Crippen LogP contribution is -2.14. The van der Waals surface area contributed by atoms with Crippen LogP contribution in [0.2, 0.25) is 5.02 Å². The van der Waals surface area contributed by atoms with Gasteiger partial charge in [0.1, 0.15) is 0 Å². The summed E-state index contributed by atoms with van der Waals surface area (Å²) in [5.74, 6) is 0.526. The van der Waals surface area contributed by atoms with Gasteiger partial charge >= 0.3 is 0 Å². The number of halogens is 1. The van der Waals surface area contributed by atoms with E-state index in [4.69, 9.17) is 11.6 Å². The third kappa shape index (κ3) is 6.71. The Bertz CT molecular complexity index is 1600. The van der Waals surface area contributed by atoms with Crippen molar-refractivity contribution in [2.75, 3.05) is 11.1 Å². The Morgan fingerprint density at radius 2 is 1.49 bits per heavy atom. The maximum Gasteiger partial charge on any atom is 0.234 e. The molecule has 5 rings (SSSR count). The van der Waals surface area contributed by atoms with Crippen LogP contribution in [0.1, 0.15) is 15.9 Å². The quantitative estimate of drug-likeness (QED) is 0.119. The number of carbonyl (C=O) groups excluding carboxylic acids is 2. The van der Waals surface area contributed by atoms with Gasteiger partial charge in [0.05, 0.1) is 5.75 Å². The highest BCUT2D eigenvalue weighted by Gasteiger charge is 2.17. The van der Waals surface area contributed by atoms with Crippen molar-refractivity contribution >= 4 is 46.8 Å². The molecule has 0 aliphatic rings. The van der Waals surface area contributed by atoms with E-state index in [9.17, 15) is 9.59 Å². The van der Waals surface area contributed by atoms with Crippen molar-refractivity contribution in [1.29, 1.82) is 0 Å². The zero-order valence-corrected chi connectivity index (χ0v) is 22.3. The first kappa shape index (κ1) is 26.2. The molecule has 4 aromatic carbocycles. The van der Waals surface area contributed by atoms with Gasteiger partial charge in [0, 0.05) is 27.5 Å². The molecule has 192 valence electrons. The average molecular weight is 551 g/mol. The van der Waals surface area contributed by atoms with Crippen LogP contribution in [0.25, 0.3) is 23.2 Å². The van der Waals surface area contributed by atoms with Crippen LogP contribution in [0, 0.1) is 0 Å². The standard InChI is InChI=1S/C31H23ClN4O2S/c32-25-16-11-22(12-17-25)13-20-28(37)23-14-18-26(19-15-23)33-29(38)21-39-31-35-34-30(24-7-3-1-4-8-24)36(31)27-9-5-2-6-10-27/h1-20H,21H2,(H,33,38)/b20-13+. The van der Waals surface area contributed by atoms with Crippen LogP contribution >= 0.6 is 23.4 Å². The molecule has 1 N–H and O–H groups in total. The van der Waals surface area contributed by atoms with E-state index in [-0.39, 0.29) is 17.4 Å². The number of para-hydroxylation sites is 1. The summed E-state index contributed by atoms with van der Waals surface area (Å²) in [5, 5.41) is 12.9. The van der Waals surface area contributed by atoms with E-state index in [1.165, 1.54) is 17.8 Å². The lowest BCUT2D eigenvalue weighted by atomic mass is 10.1. The molecule has 0 atom stereocenters. The van der Waals surface area contributed by atoms with Crippen LogP contribution < -0.4 is 5.32 Å². The number of hydrogen-bond acceptors (Lipinski definition) is 5. The van der Waals surface area contributed by atoms with E-state index in [1.54, 1.807) is 42.5 Å². The van der Waals surface area contributed by atoms with E-state index < -0.39 is 0 Å². The van der Waals surface area contributed by atoms with E-state index in [2.05, 4.69) is 15.5 Å². The Kier molecular flexibility index (Phi) is 8.31. The number of ketones is 1. The van der Waals surface area contributed by atoms with Crippen LogP contribution in [0.3, 0.4) is 0 Å². The monoisotopic (exact) mass is 550 g/mol. The minimum absolute atomic E-state index is 0.132. The molecule has 0 aliphatic heterocycles. The third-order valence-corrected chi connectivity index (χ3v) is 6.94. The number of aromatic nitrogens is 3. The second kappa shape index (κ2) is 12.4. The Labute approximate surface area is 235 Å². The molecule has 0 bridgehead atoms. The number of benzene rings is 4. The molecule has 1 aromatic heterocycles. The number of carbonyl (C=O) groups is 2. The fourth-order valence-corrected chi connectivity index (χ4v) is 4.71. The molecular weight excluding hydrogens is 528 g/mol. The van der Waals surface area contributed by atoms with Crippen LogP contribution in [0.5, 0.6) is 0 Å². The molecule has 0 saturated carbocycles. The fraction of sp³-hybridized carbons (Fsp3) is 0.0323. The van der Waals surface area contributed by atoms with Gasteiger partial charge in [-0.3, -0.25) is 14.2 Å². The predicted octanol–water partition coefficient (Wildman–Crippen LogP) is 7.21. The summed E-state index contributed by atoms with van der Waals surface area (Å²) < 4.78 is 1.95. The van der Waals surface area contributed by atoms with Gasteiger partial charge < -0.3 is 5.32 Å². The van der Waals surface area contributed by atoms with Gasteiger partial charge in [-0.25, -0.2) is 0 Å². The van der Waals surface area contributed by atoms with Gasteiger partial charge in [-0.15, -0.1) is 10.2 Å². The largest absolute Gasteiger partial charge is 0.325 e. The molecule has 1 amide bonds.